The van der Waals surface area contributed by atoms with Gasteiger partial charge < -0.3 is 4.90 Å². The van der Waals surface area contributed by atoms with Crippen LogP contribution in [0.15, 0.2) is 18.2 Å². The number of carbonyl (C=O) groups excluding carboxylic acids is 1. The third kappa shape index (κ3) is 2.48. The van der Waals surface area contributed by atoms with Gasteiger partial charge in [0, 0.05) is 0 Å². The molecule has 1 aliphatic heterocycles. The summed E-state index contributed by atoms with van der Waals surface area (Å²) in [7, 11) is 0. The van der Waals surface area contributed by atoms with Gasteiger partial charge in [0.05, 0.1) is 0 Å². The number of hydrogen-bond donors (Lipinski definition) is 1. The fourth-order valence-electron chi connectivity index (χ4n) is 2.58. The Labute approximate surface area is 116 Å². The first kappa shape index (κ1) is 14.2. The Kier molecular flexibility index (Phi) is 2.98. The Bertz CT molecular complexity index is 597. The summed E-state index contributed by atoms with van der Waals surface area (Å²) in [5.74, 6) is -2.90. The quantitative estimate of drug-likeness (QED) is 0.852. The minimum Gasteiger partial charge on any atom is -0.312 e. The molecule has 114 valence electrons. The number of halogens is 5. The molecule has 0 aromatic heterocycles. The lowest BCUT2D eigenvalue weighted by Gasteiger charge is -2.25. The fraction of sp³-hybridized carbons (Fsp3) is 0.462. The second-order valence-corrected chi connectivity index (χ2v) is 5.35. The molecule has 1 atom stereocenters. The second kappa shape index (κ2) is 4.40. The van der Waals surface area contributed by atoms with Crippen molar-refractivity contribution in [1.82, 2.24) is 10.2 Å². The highest BCUT2D eigenvalue weighted by Gasteiger charge is 2.60. The Balaban J connectivity index is 1.94. The normalized spacial score (nSPS) is 24.0. The lowest BCUT2D eigenvalue weighted by atomic mass is 10.1. The van der Waals surface area contributed by atoms with E-state index in [4.69, 9.17) is 0 Å². The number of nitrogens with zero attached hydrogens (tertiary/aromatic N) is 1. The van der Waals surface area contributed by atoms with Gasteiger partial charge in [-0.1, -0.05) is 6.07 Å². The van der Waals surface area contributed by atoms with Gasteiger partial charge in [0.1, 0.15) is 18.2 Å². The third-order valence-electron chi connectivity index (χ3n) is 3.75. The van der Waals surface area contributed by atoms with Crippen molar-refractivity contribution in [2.75, 3.05) is 6.54 Å². The zero-order chi connectivity index (χ0) is 15.4. The summed E-state index contributed by atoms with van der Waals surface area (Å²) in [6.45, 7) is -1.43. The minimum absolute atomic E-state index is 0.0928. The summed E-state index contributed by atoms with van der Waals surface area (Å²) < 4.78 is 64.1. The van der Waals surface area contributed by atoms with Gasteiger partial charge in [-0.25, -0.2) is 8.78 Å². The first-order valence-electron chi connectivity index (χ1n) is 6.32. The van der Waals surface area contributed by atoms with Gasteiger partial charge in [-0.3, -0.25) is 10.1 Å². The highest BCUT2D eigenvalue weighted by Crippen LogP contribution is 2.46. The first-order chi connectivity index (χ1) is 9.72. The molecule has 2 fully saturated rings. The zero-order valence-corrected chi connectivity index (χ0v) is 10.7. The summed E-state index contributed by atoms with van der Waals surface area (Å²) in [6, 6.07) is 2.82. The average Bonchev–Trinajstić information content (AvgIpc) is 3.11. The van der Waals surface area contributed by atoms with Crippen LogP contribution in [0.3, 0.4) is 0 Å². The van der Waals surface area contributed by atoms with Crippen LogP contribution in [-0.2, 0) is 4.79 Å². The zero-order valence-electron chi connectivity index (χ0n) is 10.7. The molecular weight excluding hydrogens is 295 g/mol. The van der Waals surface area contributed by atoms with Crippen LogP contribution in [-0.4, -0.2) is 29.1 Å². The molecule has 1 aliphatic carbocycles. The summed E-state index contributed by atoms with van der Waals surface area (Å²) in [5, 5.41) is 2.81. The van der Waals surface area contributed by atoms with Gasteiger partial charge in [0.15, 0.2) is 11.6 Å². The topological polar surface area (TPSA) is 32.3 Å². The highest BCUT2D eigenvalue weighted by atomic mass is 19.4. The Morgan fingerprint density at radius 1 is 1.24 bits per heavy atom. The van der Waals surface area contributed by atoms with Crippen molar-refractivity contribution in [2.45, 2.75) is 30.7 Å². The standard InChI is InChI=1S/C13H11F5N2O/c14-8-2-1-7(5-9(8)15)10-19-12(3-4-12)11(21)20(10)6-13(16,17)18/h1-2,5,10,19H,3-4,6H2. The van der Waals surface area contributed by atoms with Crippen LogP contribution in [0, 0.1) is 11.6 Å². The summed E-state index contributed by atoms with van der Waals surface area (Å²) >= 11 is 0. The Morgan fingerprint density at radius 2 is 1.90 bits per heavy atom. The molecule has 3 nitrogen and oxygen atoms in total. The molecule has 1 unspecified atom stereocenters. The average molecular weight is 306 g/mol. The van der Waals surface area contributed by atoms with Crippen molar-refractivity contribution in [2.24, 2.45) is 0 Å². The third-order valence-corrected chi connectivity index (χ3v) is 3.75. The largest absolute Gasteiger partial charge is 0.406 e. The maximum atomic E-state index is 13.3. The maximum absolute atomic E-state index is 13.3. The number of carbonyl (C=O) groups is 1. The molecule has 0 bridgehead atoms. The van der Waals surface area contributed by atoms with Crippen LogP contribution in [0.2, 0.25) is 0 Å². The van der Waals surface area contributed by atoms with E-state index in [0.29, 0.717) is 17.7 Å². The molecule has 3 rings (SSSR count). The molecule has 1 amide bonds. The van der Waals surface area contributed by atoms with Crippen LogP contribution in [0.1, 0.15) is 24.6 Å². The fourth-order valence-corrected chi connectivity index (χ4v) is 2.58. The number of alkyl halides is 3. The molecule has 1 spiro atoms. The van der Waals surface area contributed by atoms with Crippen LogP contribution in [0.4, 0.5) is 22.0 Å². The molecule has 1 aromatic carbocycles. The number of nitrogens with one attached hydrogen (secondary N) is 1. The van der Waals surface area contributed by atoms with E-state index in [-0.39, 0.29) is 5.56 Å². The van der Waals surface area contributed by atoms with Crippen LogP contribution >= 0.6 is 0 Å². The van der Waals surface area contributed by atoms with Gasteiger partial charge in [0.2, 0.25) is 5.91 Å². The van der Waals surface area contributed by atoms with Crippen molar-refractivity contribution < 1.29 is 26.7 Å². The molecule has 1 saturated heterocycles. The smallest absolute Gasteiger partial charge is 0.312 e. The molecule has 21 heavy (non-hydrogen) atoms. The van der Waals surface area contributed by atoms with Gasteiger partial charge >= 0.3 is 6.18 Å². The van der Waals surface area contributed by atoms with Gasteiger partial charge in [0.25, 0.3) is 0 Å². The minimum atomic E-state index is -4.56. The van der Waals surface area contributed by atoms with Gasteiger partial charge in [-0.2, -0.15) is 13.2 Å². The molecular formula is C13H11F5N2O. The van der Waals surface area contributed by atoms with E-state index in [1.807, 2.05) is 0 Å². The van der Waals surface area contributed by atoms with Crippen molar-refractivity contribution >= 4 is 5.91 Å². The first-order valence-corrected chi connectivity index (χ1v) is 6.32. The molecule has 0 radical (unpaired) electrons. The molecule has 1 heterocycles. The van der Waals surface area contributed by atoms with Crippen molar-refractivity contribution in [3.63, 3.8) is 0 Å². The molecule has 1 saturated carbocycles. The number of hydrogen-bond acceptors (Lipinski definition) is 2. The lowest BCUT2D eigenvalue weighted by molar-refractivity contribution is -0.162. The van der Waals surface area contributed by atoms with Crippen molar-refractivity contribution in [3.8, 4) is 0 Å². The van der Waals surface area contributed by atoms with Crippen LogP contribution in [0.25, 0.3) is 0 Å². The number of amides is 1. The van der Waals surface area contributed by atoms with E-state index < -0.39 is 42.0 Å². The van der Waals surface area contributed by atoms with Crippen molar-refractivity contribution in [1.29, 1.82) is 0 Å². The van der Waals surface area contributed by atoms with Crippen LogP contribution < -0.4 is 5.32 Å². The summed E-state index contributed by atoms with van der Waals surface area (Å²) in [4.78, 5) is 12.7. The van der Waals surface area contributed by atoms with Gasteiger partial charge in [-0.05, 0) is 30.5 Å². The van der Waals surface area contributed by atoms with E-state index in [0.717, 1.165) is 12.1 Å². The Hall–Kier alpha value is -1.70. The highest BCUT2D eigenvalue weighted by molar-refractivity contribution is 5.92. The molecule has 1 N–H and O–H groups in total. The predicted molar refractivity (Wildman–Crippen MR) is 62.0 cm³/mol. The molecule has 1 aromatic rings. The van der Waals surface area contributed by atoms with E-state index >= 15 is 0 Å². The monoisotopic (exact) mass is 306 g/mol. The van der Waals surface area contributed by atoms with E-state index in [9.17, 15) is 26.7 Å². The lowest BCUT2D eigenvalue weighted by Crippen LogP contribution is -2.39. The van der Waals surface area contributed by atoms with Crippen LogP contribution in [0.5, 0.6) is 0 Å². The molecule has 2 aliphatic rings. The number of benzene rings is 1. The van der Waals surface area contributed by atoms with E-state index in [1.165, 1.54) is 6.07 Å². The summed E-state index contributed by atoms with van der Waals surface area (Å²) in [5.41, 5.74) is -0.879. The maximum Gasteiger partial charge on any atom is 0.406 e. The van der Waals surface area contributed by atoms with E-state index in [1.54, 1.807) is 0 Å². The second-order valence-electron chi connectivity index (χ2n) is 5.35. The summed E-state index contributed by atoms with van der Waals surface area (Å²) in [6.07, 6.45) is -4.77. The predicted octanol–water partition coefficient (Wildman–Crippen LogP) is 2.49. The van der Waals surface area contributed by atoms with Gasteiger partial charge in [-0.15, -0.1) is 0 Å². The van der Waals surface area contributed by atoms with E-state index in [2.05, 4.69) is 5.32 Å². The molecule has 8 heteroatoms. The Morgan fingerprint density at radius 3 is 2.43 bits per heavy atom. The van der Waals surface area contributed by atoms with Crippen molar-refractivity contribution in [3.05, 3.63) is 35.4 Å². The SMILES string of the molecule is O=C1N(CC(F)(F)F)C(c2ccc(F)c(F)c2)NC12CC2. The number of rotatable bonds is 2.